The number of phenols is 1. The van der Waals surface area contributed by atoms with E-state index in [0.29, 0.717) is 0 Å². The van der Waals surface area contributed by atoms with Crippen molar-refractivity contribution in [3.8, 4) is 11.5 Å². The Hall–Kier alpha value is -1.76. The van der Waals surface area contributed by atoms with E-state index in [4.69, 9.17) is 9.84 Å². The molecule has 2 N–H and O–H groups in total. The largest absolute Gasteiger partial charge is 0.503 e. The molecule has 1 rings (SSSR count). The minimum absolute atomic E-state index is 0.194. The van der Waals surface area contributed by atoms with Crippen molar-refractivity contribution in [2.75, 3.05) is 13.4 Å². The van der Waals surface area contributed by atoms with Crippen molar-refractivity contribution in [2.24, 2.45) is 0 Å². The number of hydrogen-bond acceptors (Lipinski definition) is 5. The lowest BCUT2D eigenvalue weighted by Gasteiger charge is -2.08. The Morgan fingerprint density at radius 1 is 1.38 bits per heavy atom. The quantitative estimate of drug-likeness (QED) is 0.805. The summed E-state index contributed by atoms with van der Waals surface area (Å²) in [5.74, 6) is -2.08. The lowest BCUT2D eigenvalue weighted by atomic mass is 10.2. The third-order valence-electron chi connectivity index (χ3n) is 1.91. The number of aromatic hydroxyl groups is 1. The number of carboxylic acid groups (broad SMARTS) is 1. The molecule has 1 aromatic carbocycles. The number of ether oxygens (including phenoxy) is 1. The van der Waals surface area contributed by atoms with Crippen molar-refractivity contribution in [1.29, 1.82) is 0 Å². The Kier molecular flexibility index (Phi) is 3.09. The molecule has 0 aromatic heterocycles. The standard InChI is InChI=1S/C9H10O6S/c1-15-6-3-5(9(11)12)4-7(8(6)10)16(2,13)14/h3-4,10H,1-2H3,(H,11,12). The molecule has 16 heavy (non-hydrogen) atoms. The fraction of sp³-hybridized carbons (Fsp3) is 0.222. The van der Waals surface area contributed by atoms with E-state index in [0.717, 1.165) is 18.4 Å². The zero-order valence-corrected chi connectivity index (χ0v) is 9.41. The molecule has 0 fully saturated rings. The molecule has 6 nitrogen and oxygen atoms in total. The van der Waals surface area contributed by atoms with Crippen molar-refractivity contribution in [3.63, 3.8) is 0 Å². The number of aromatic carboxylic acids is 1. The van der Waals surface area contributed by atoms with Crippen LogP contribution in [0.5, 0.6) is 11.5 Å². The Balaban J connectivity index is 3.61. The normalized spacial score (nSPS) is 11.1. The Labute approximate surface area is 92.0 Å². The predicted octanol–water partition coefficient (Wildman–Crippen LogP) is 0.502. The van der Waals surface area contributed by atoms with Gasteiger partial charge < -0.3 is 14.9 Å². The summed E-state index contributed by atoms with van der Waals surface area (Å²) in [5, 5.41) is 18.3. The molecule has 0 radical (unpaired) electrons. The minimum atomic E-state index is -3.72. The summed E-state index contributed by atoms with van der Waals surface area (Å²) in [6.07, 6.45) is 0.868. The highest BCUT2D eigenvalue weighted by molar-refractivity contribution is 7.90. The number of methoxy groups -OCH3 is 1. The second kappa shape index (κ2) is 4.01. The summed E-state index contributed by atoms with van der Waals surface area (Å²) in [5.41, 5.74) is -0.268. The van der Waals surface area contributed by atoms with E-state index in [1.807, 2.05) is 0 Å². The highest BCUT2D eigenvalue weighted by Crippen LogP contribution is 2.34. The minimum Gasteiger partial charge on any atom is -0.503 e. The fourth-order valence-corrected chi connectivity index (χ4v) is 1.94. The average molecular weight is 246 g/mol. The van der Waals surface area contributed by atoms with Crippen molar-refractivity contribution in [2.45, 2.75) is 4.90 Å². The molecule has 0 unspecified atom stereocenters. The van der Waals surface area contributed by atoms with Crippen LogP contribution in [0.1, 0.15) is 10.4 Å². The molecule has 0 saturated heterocycles. The smallest absolute Gasteiger partial charge is 0.335 e. The molecule has 0 aliphatic rings. The Morgan fingerprint density at radius 3 is 2.31 bits per heavy atom. The molecule has 0 aliphatic heterocycles. The lowest BCUT2D eigenvalue weighted by molar-refractivity contribution is 0.0696. The second-order valence-electron chi connectivity index (χ2n) is 3.10. The maximum absolute atomic E-state index is 11.3. The van der Waals surface area contributed by atoms with Gasteiger partial charge in [-0.15, -0.1) is 0 Å². The predicted molar refractivity (Wildman–Crippen MR) is 54.7 cm³/mol. The van der Waals surface area contributed by atoms with Crippen LogP contribution in [0.2, 0.25) is 0 Å². The van der Waals surface area contributed by atoms with Crippen LogP contribution < -0.4 is 4.74 Å². The Bertz CT molecular complexity index is 531. The highest BCUT2D eigenvalue weighted by atomic mass is 32.2. The molecular formula is C9H10O6S. The highest BCUT2D eigenvalue weighted by Gasteiger charge is 2.20. The molecule has 88 valence electrons. The summed E-state index contributed by atoms with van der Waals surface area (Å²) >= 11 is 0. The molecule has 0 spiro atoms. The van der Waals surface area contributed by atoms with E-state index in [1.165, 1.54) is 7.11 Å². The van der Waals surface area contributed by atoms with Gasteiger partial charge in [-0.05, 0) is 12.1 Å². The van der Waals surface area contributed by atoms with Gasteiger partial charge in [-0.25, -0.2) is 13.2 Å². The molecule has 7 heteroatoms. The van der Waals surface area contributed by atoms with Crippen LogP contribution in [0.3, 0.4) is 0 Å². The molecule has 1 aromatic rings. The van der Waals surface area contributed by atoms with Gasteiger partial charge in [0, 0.05) is 6.26 Å². The third kappa shape index (κ3) is 2.25. The van der Waals surface area contributed by atoms with Crippen LogP contribution in [0.15, 0.2) is 17.0 Å². The van der Waals surface area contributed by atoms with E-state index < -0.39 is 26.5 Å². The molecule has 0 atom stereocenters. The first-order valence-electron chi connectivity index (χ1n) is 4.11. The number of phenolic OH excluding ortho intramolecular Hbond substituents is 1. The summed E-state index contributed by atoms with van der Waals surface area (Å²) < 4.78 is 27.3. The number of benzene rings is 1. The molecule has 0 saturated carbocycles. The van der Waals surface area contributed by atoms with Gasteiger partial charge in [-0.2, -0.15) is 0 Å². The molecule has 0 aliphatic carbocycles. The third-order valence-corrected chi connectivity index (χ3v) is 3.02. The molecular weight excluding hydrogens is 236 g/mol. The number of hydrogen-bond donors (Lipinski definition) is 2. The summed E-state index contributed by atoms with van der Waals surface area (Å²) in [6.45, 7) is 0. The number of carbonyl (C=O) groups is 1. The van der Waals surface area contributed by atoms with E-state index >= 15 is 0 Å². The van der Waals surface area contributed by atoms with Crippen molar-refractivity contribution in [3.05, 3.63) is 17.7 Å². The van der Waals surface area contributed by atoms with E-state index in [2.05, 4.69) is 0 Å². The SMILES string of the molecule is COc1cc(C(=O)O)cc(S(C)(=O)=O)c1O. The van der Waals surface area contributed by atoms with E-state index in [1.54, 1.807) is 0 Å². The van der Waals surface area contributed by atoms with Crippen molar-refractivity contribution < 1.29 is 28.2 Å². The topological polar surface area (TPSA) is 101 Å². The van der Waals surface area contributed by atoms with Crippen molar-refractivity contribution in [1.82, 2.24) is 0 Å². The first-order valence-corrected chi connectivity index (χ1v) is 6.01. The summed E-state index contributed by atoms with van der Waals surface area (Å²) in [4.78, 5) is 10.3. The van der Waals surface area contributed by atoms with Gasteiger partial charge >= 0.3 is 5.97 Å². The van der Waals surface area contributed by atoms with Crippen LogP contribution in [0, 0.1) is 0 Å². The number of rotatable bonds is 3. The van der Waals surface area contributed by atoms with Crippen LogP contribution in [-0.2, 0) is 9.84 Å². The summed E-state index contributed by atoms with van der Waals surface area (Å²) in [7, 11) is -2.51. The Morgan fingerprint density at radius 2 is 1.94 bits per heavy atom. The van der Waals surface area contributed by atoms with E-state index in [9.17, 15) is 18.3 Å². The van der Waals surface area contributed by atoms with Gasteiger partial charge in [0.1, 0.15) is 4.90 Å². The first kappa shape index (κ1) is 12.3. The molecule has 0 bridgehead atoms. The lowest BCUT2D eigenvalue weighted by Crippen LogP contribution is -2.04. The van der Waals surface area contributed by atoms with Gasteiger partial charge in [0.2, 0.25) is 0 Å². The van der Waals surface area contributed by atoms with Crippen LogP contribution in [0.4, 0.5) is 0 Å². The fourth-order valence-electron chi connectivity index (χ4n) is 1.14. The summed E-state index contributed by atoms with van der Waals surface area (Å²) in [6, 6.07) is 1.93. The van der Waals surface area contributed by atoms with Gasteiger partial charge in [-0.1, -0.05) is 0 Å². The monoisotopic (exact) mass is 246 g/mol. The van der Waals surface area contributed by atoms with Gasteiger partial charge in [0.15, 0.2) is 21.3 Å². The van der Waals surface area contributed by atoms with Gasteiger partial charge in [0.05, 0.1) is 12.7 Å². The number of sulfone groups is 1. The number of carboxylic acids is 1. The molecule has 0 heterocycles. The first-order chi connectivity index (χ1) is 7.27. The maximum Gasteiger partial charge on any atom is 0.335 e. The van der Waals surface area contributed by atoms with Crippen LogP contribution >= 0.6 is 0 Å². The average Bonchev–Trinajstić information content (AvgIpc) is 2.15. The zero-order chi connectivity index (χ0) is 12.5. The second-order valence-corrected chi connectivity index (χ2v) is 5.09. The van der Waals surface area contributed by atoms with Crippen LogP contribution in [0.25, 0.3) is 0 Å². The van der Waals surface area contributed by atoms with E-state index in [-0.39, 0.29) is 11.3 Å². The van der Waals surface area contributed by atoms with Crippen molar-refractivity contribution >= 4 is 15.8 Å². The molecule has 0 amide bonds. The van der Waals surface area contributed by atoms with Crippen LogP contribution in [-0.4, -0.2) is 38.0 Å². The van der Waals surface area contributed by atoms with Gasteiger partial charge in [-0.3, -0.25) is 0 Å². The maximum atomic E-state index is 11.3. The van der Waals surface area contributed by atoms with Gasteiger partial charge in [0.25, 0.3) is 0 Å². The zero-order valence-electron chi connectivity index (χ0n) is 8.59.